The minimum Gasteiger partial charge on any atom is -0.497 e. The summed E-state index contributed by atoms with van der Waals surface area (Å²) in [6.07, 6.45) is 2.10. The SMILES string of the molecule is CCOC(=O)[C@H]1C(=O)C=C(c2cccc(OC)c2)C[C@@H]1c1cccc(OC)c1. The van der Waals surface area contributed by atoms with Crippen molar-refractivity contribution in [2.24, 2.45) is 5.92 Å². The normalized spacial score (nSPS) is 19.0. The Morgan fingerprint density at radius 3 is 2.39 bits per heavy atom. The van der Waals surface area contributed by atoms with Crippen LogP contribution < -0.4 is 9.47 Å². The van der Waals surface area contributed by atoms with Crippen LogP contribution in [0, 0.1) is 5.92 Å². The van der Waals surface area contributed by atoms with E-state index in [9.17, 15) is 9.59 Å². The first-order valence-electron chi connectivity index (χ1n) is 9.26. The molecule has 0 saturated heterocycles. The Hall–Kier alpha value is -3.08. The quantitative estimate of drug-likeness (QED) is 0.559. The zero-order valence-corrected chi connectivity index (χ0v) is 16.3. The van der Waals surface area contributed by atoms with Crippen LogP contribution >= 0.6 is 0 Å². The molecule has 0 saturated carbocycles. The van der Waals surface area contributed by atoms with E-state index in [2.05, 4.69) is 0 Å². The zero-order valence-electron chi connectivity index (χ0n) is 16.3. The lowest BCUT2D eigenvalue weighted by atomic mass is 9.73. The van der Waals surface area contributed by atoms with Gasteiger partial charge in [-0.15, -0.1) is 0 Å². The maximum Gasteiger partial charge on any atom is 0.317 e. The zero-order chi connectivity index (χ0) is 20.1. The van der Waals surface area contributed by atoms with Crippen LogP contribution in [0.1, 0.15) is 30.4 Å². The second-order valence-electron chi connectivity index (χ2n) is 6.62. The van der Waals surface area contributed by atoms with Crippen LogP contribution in [0.25, 0.3) is 5.57 Å². The largest absolute Gasteiger partial charge is 0.497 e. The van der Waals surface area contributed by atoms with Crippen molar-refractivity contribution >= 4 is 17.3 Å². The van der Waals surface area contributed by atoms with Crippen LogP contribution in [0.15, 0.2) is 54.6 Å². The number of methoxy groups -OCH3 is 2. The summed E-state index contributed by atoms with van der Waals surface area (Å²) in [5.41, 5.74) is 2.65. The molecule has 0 N–H and O–H groups in total. The van der Waals surface area contributed by atoms with Crippen molar-refractivity contribution in [2.45, 2.75) is 19.3 Å². The van der Waals surface area contributed by atoms with Gasteiger partial charge in [0.2, 0.25) is 0 Å². The number of ketones is 1. The number of hydrogen-bond donors (Lipinski definition) is 0. The third-order valence-electron chi connectivity index (χ3n) is 4.97. The Morgan fingerprint density at radius 2 is 1.71 bits per heavy atom. The smallest absolute Gasteiger partial charge is 0.317 e. The maximum absolute atomic E-state index is 12.9. The van der Waals surface area contributed by atoms with E-state index in [4.69, 9.17) is 14.2 Å². The van der Waals surface area contributed by atoms with Crippen molar-refractivity contribution in [1.82, 2.24) is 0 Å². The van der Waals surface area contributed by atoms with E-state index < -0.39 is 11.9 Å². The number of rotatable bonds is 6. The molecule has 2 atom stereocenters. The van der Waals surface area contributed by atoms with Gasteiger partial charge >= 0.3 is 5.97 Å². The number of hydrogen-bond acceptors (Lipinski definition) is 5. The number of carbonyl (C=O) groups excluding carboxylic acids is 2. The van der Waals surface area contributed by atoms with E-state index >= 15 is 0 Å². The van der Waals surface area contributed by atoms with Gasteiger partial charge in [0, 0.05) is 5.92 Å². The van der Waals surface area contributed by atoms with E-state index in [-0.39, 0.29) is 18.3 Å². The van der Waals surface area contributed by atoms with Crippen LogP contribution in [0.4, 0.5) is 0 Å². The van der Waals surface area contributed by atoms with Gasteiger partial charge in [0.25, 0.3) is 0 Å². The molecular formula is C23H24O5. The molecule has 0 spiro atoms. The van der Waals surface area contributed by atoms with Crippen molar-refractivity contribution in [1.29, 1.82) is 0 Å². The van der Waals surface area contributed by atoms with Gasteiger partial charge in [-0.05, 0) is 60.4 Å². The topological polar surface area (TPSA) is 61.8 Å². The molecule has 2 aromatic rings. The van der Waals surface area contributed by atoms with Crippen LogP contribution in [0.5, 0.6) is 11.5 Å². The first-order valence-corrected chi connectivity index (χ1v) is 9.26. The van der Waals surface area contributed by atoms with Crippen molar-refractivity contribution in [3.63, 3.8) is 0 Å². The molecular weight excluding hydrogens is 356 g/mol. The highest BCUT2D eigenvalue weighted by atomic mass is 16.5. The van der Waals surface area contributed by atoms with Crippen molar-refractivity contribution in [3.8, 4) is 11.5 Å². The van der Waals surface area contributed by atoms with Gasteiger partial charge in [0.15, 0.2) is 5.78 Å². The van der Waals surface area contributed by atoms with Gasteiger partial charge in [-0.3, -0.25) is 9.59 Å². The summed E-state index contributed by atoms with van der Waals surface area (Å²) in [6.45, 7) is 1.98. The first kappa shape index (κ1) is 19.7. The molecule has 1 aliphatic rings. The molecule has 0 aliphatic heterocycles. The molecule has 0 bridgehead atoms. The Bertz CT molecular complexity index is 899. The fourth-order valence-corrected chi connectivity index (χ4v) is 3.59. The molecule has 5 nitrogen and oxygen atoms in total. The molecule has 5 heteroatoms. The first-order chi connectivity index (χ1) is 13.6. The van der Waals surface area contributed by atoms with E-state index in [1.807, 2.05) is 48.5 Å². The molecule has 0 amide bonds. The van der Waals surface area contributed by atoms with Gasteiger partial charge < -0.3 is 14.2 Å². The highest BCUT2D eigenvalue weighted by Gasteiger charge is 2.39. The molecule has 0 heterocycles. The van der Waals surface area contributed by atoms with Crippen LogP contribution in [0.3, 0.4) is 0 Å². The van der Waals surface area contributed by atoms with Gasteiger partial charge in [-0.25, -0.2) is 0 Å². The summed E-state index contributed by atoms with van der Waals surface area (Å²) >= 11 is 0. The summed E-state index contributed by atoms with van der Waals surface area (Å²) in [7, 11) is 3.20. The fraction of sp³-hybridized carbons (Fsp3) is 0.304. The molecule has 0 aromatic heterocycles. The van der Waals surface area contributed by atoms with E-state index in [0.29, 0.717) is 12.2 Å². The Kier molecular flexibility index (Phi) is 6.14. The number of allylic oxidation sites excluding steroid dienone is 2. The minimum atomic E-state index is -0.860. The molecule has 0 radical (unpaired) electrons. The summed E-state index contributed by atoms with van der Waals surface area (Å²) in [6, 6.07) is 15.1. The fourth-order valence-electron chi connectivity index (χ4n) is 3.59. The van der Waals surface area contributed by atoms with Crippen LogP contribution in [-0.4, -0.2) is 32.6 Å². The second kappa shape index (κ2) is 8.74. The summed E-state index contributed by atoms with van der Waals surface area (Å²) < 4.78 is 15.8. The molecule has 28 heavy (non-hydrogen) atoms. The van der Waals surface area contributed by atoms with Gasteiger partial charge in [-0.1, -0.05) is 24.3 Å². The van der Waals surface area contributed by atoms with Gasteiger partial charge in [-0.2, -0.15) is 0 Å². The number of esters is 1. The van der Waals surface area contributed by atoms with Crippen molar-refractivity contribution in [3.05, 3.63) is 65.7 Å². The van der Waals surface area contributed by atoms with Crippen molar-refractivity contribution < 1.29 is 23.8 Å². The molecule has 3 rings (SSSR count). The standard InChI is InChI=1S/C23H24O5/c1-4-28-23(25)22-20(16-8-6-10-19(12-16)27-3)13-17(14-21(22)24)15-7-5-9-18(11-15)26-2/h5-12,14,20,22H,4,13H2,1-3H3/t20-,22-/m1/s1. The third-order valence-corrected chi connectivity index (χ3v) is 4.97. The third kappa shape index (κ3) is 4.09. The average molecular weight is 380 g/mol. The van der Waals surface area contributed by atoms with E-state index in [1.54, 1.807) is 27.2 Å². The van der Waals surface area contributed by atoms with E-state index in [0.717, 1.165) is 22.4 Å². The minimum absolute atomic E-state index is 0.236. The lowest BCUT2D eigenvalue weighted by Gasteiger charge is -2.29. The monoisotopic (exact) mass is 380 g/mol. The van der Waals surface area contributed by atoms with Crippen LogP contribution in [0.2, 0.25) is 0 Å². The predicted octanol–water partition coefficient (Wildman–Crippen LogP) is 4.02. The molecule has 2 aromatic carbocycles. The van der Waals surface area contributed by atoms with Crippen molar-refractivity contribution in [2.75, 3.05) is 20.8 Å². The maximum atomic E-state index is 12.9. The summed E-state index contributed by atoms with van der Waals surface area (Å²) in [5.74, 6) is -0.507. The molecule has 146 valence electrons. The molecule has 0 unspecified atom stereocenters. The molecule has 1 aliphatic carbocycles. The second-order valence-corrected chi connectivity index (χ2v) is 6.62. The van der Waals surface area contributed by atoms with E-state index in [1.165, 1.54) is 0 Å². The predicted molar refractivity (Wildman–Crippen MR) is 106 cm³/mol. The number of benzene rings is 2. The Morgan fingerprint density at radius 1 is 1.04 bits per heavy atom. The van der Waals surface area contributed by atoms with Gasteiger partial charge in [0.05, 0.1) is 20.8 Å². The highest BCUT2D eigenvalue weighted by Crippen LogP contribution is 2.41. The summed E-state index contributed by atoms with van der Waals surface area (Å²) in [5, 5.41) is 0. The summed E-state index contributed by atoms with van der Waals surface area (Å²) in [4.78, 5) is 25.5. The average Bonchev–Trinajstić information content (AvgIpc) is 2.73. The Balaban J connectivity index is 2.04. The van der Waals surface area contributed by atoms with Crippen LogP contribution in [-0.2, 0) is 14.3 Å². The Labute approximate surface area is 164 Å². The van der Waals surface area contributed by atoms with Gasteiger partial charge in [0.1, 0.15) is 17.4 Å². The number of carbonyl (C=O) groups is 2. The molecule has 0 fully saturated rings. The highest BCUT2D eigenvalue weighted by molar-refractivity contribution is 6.10. The lowest BCUT2D eigenvalue weighted by molar-refractivity contribution is -0.151. The lowest BCUT2D eigenvalue weighted by Crippen LogP contribution is -2.34. The number of ether oxygens (including phenoxy) is 3.